The average Bonchev–Trinajstić information content (AvgIpc) is 2.73. The van der Waals surface area contributed by atoms with Crippen molar-refractivity contribution in [3.8, 4) is 11.5 Å². The third-order valence-electron chi connectivity index (χ3n) is 5.34. The Morgan fingerprint density at radius 1 is 1.12 bits per heavy atom. The minimum absolute atomic E-state index is 0.000192. The van der Waals surface area contributed by atoms with Crippen LogP contribution >= 0.6 is 0 Å². The van der Waals surface area contributed by atoms with Gasteiger partial charge in [0.2, 0.25) is 0 Å². The lowest BCUT2D eigenvalue weighted by Crippen LogP contribution is -2.54. The van der Waals surface area contributed by atoms with E-state index in [4.69, 9.17) is 4.74 Å². The van der Waals surface area contributed by atoms with E-state index in [1.54, 1.807) is 12.0 Å². The van der Waals surface area contributed by atoms with Gasteiger partial charge in [-0.3, -0.25) is 0 Å². The molecule has 1 atom stereocenters. The summed E-state index contributed by atoms with van der Waals surface area (Å²) in [7, 11) is 1.59. The third kappa shape index (κ3) is 4.38. The van der Waals surface area contributed by atoms with Crippen LogP contribution in [0.4, 0.5) is 33.7 Å². The second-order valence-electron chi connectivity index (χ2n) is 7.51. The van der Waals surface area contributed by atoms with Crippen LogP contribution < -0.4 is 19.7 Å². The minimum atomic E-state index is -4.44. The molecule has 2 aromatic carbocycles. The number of nitrogens with zero attached hydrogens (tertiary/aromatic N) is 2. The normalized spacial score (nSPS) is 21.4. The van der Waals surface area contributed by atoms with E-state index >= 15 is 0 Å². The van der Waals surface area contributed by atoms with Crippen molar-refractivity contribution in [3.05, 3.63) is 48.0 Å². The van der Waals surface area contributed by atoms with Gasteiger partial charge in [-0.15, -0.1) is 8.78 Å². The highest BCUT2D eigenvalue weighted by atomic mass is 19.3. The van der Waals surface area contributed by atoms with Crippen molar-refractivity contribution in [2.45, 2.75) is 25.4 Å². The van der Waals surface area contributed by atoms with Crippen molar-refractivity contribution in [3.63, 3.8) is 0 Å². The summed E-state index contributed by atoms with van der Waals surface area (Å²) in [4.78, 5) is 16.4. The highest BCUT2D eigenvalue weighted by molar-refractivity contribution is 5.89. The molecule has 0 radical (unpaired) electrons. The van der Waals surface area contributed by atoms with Crippen LogP contribution in [0.1, 0.15) is 12.5 Å². The number of benzene rings is 2. The van der Waals surface area contributed by atoms with Gasteiger partial charge in [-0.25, -0.2) is 9.53 Å². The lowest BCUT2D eigenvalue weighted by molar-refractivity contribution is -0.461. The van der Waals surface area contributed by atoms with Crippen LogP contribution in [0.2, 0.25) is 0 Å². The Bertz CT molecular complexity index is 1000. The number of urea groups is 1. The summed E-state index contributed by atoms with van der Waals surface area (Å²) in [6.45, 7) is 3.34. The summed E-state index contributed by atoms with van der Waals surface area (Å²) in [6, 6.07) is 10.1. The van der Waals surface area contributed by atoms with Crippen molar-refractivity contribution >= 4 is 17.4 Å². The average molecular weight is 455 g/mol. The fourth-order valence-corrected chi connectivity index (χ4v) is 3.78. The second kappa shape index (κ2) is 8.05. The zero-order valence-corrected chi connectivity index (χ0v) is 17.3. The lowest BCUT2D eigenvalue weighted by Gasteiger charge is -2.41. The molecule has 0 spiro atoms. The topological polar surface area (TPSA) is 63.3 Å². The molecule has 2 aliphatic heterocycles. The summed E-state index contributed by atoms with van der Waals surface area (Å²) in [5.41, 5.74) is 0.113. The van der Waals surface area contributed by atoms with Crippen LogP contribution in [0, 0.1) is 0 Å². The number of piperazine rings is 1. The molecular weight excluding hydrogens is 434 g/mol. The first-order valence-electron chi connectivity index (χ1n) is 9.84. The van der Waals surface area contributed by atoms with Gasteiger partial charge in [0.1, 0.15) is 11.5 Å². The number of carbonyl (C=O) groups is 1. The number of halogens is 4. The zero-order valence-electron chi connectivity index (χ0n) is 17.3. The van der Waals surface area contributed by atoms with Crippen molar-refractivity contribution < 1.29 is 36.6 Å². The molecule has 32 heavy (non-hydrogen) atoms. The number of fused-ring (bicyclic) bond motifs is 1. The summed E-state index contributed by atoms with van der Waals surface area (Å²) in [5.74, 6) is 0.0283. The molecule has 0 aliphatic carbocycles. The quantitative estimate of drug-likeness (QED) is 0.694. The van der Waals surface area contributed by atoms with E-state index in [1.807, 2.05) is 31.2 Å². The molecular formula is C21H21F4N3O4. The first-order chi connectivity index (χ1) is 15.1. The standard InChI is InChI=1S/C21H21F4N3O4/c1-13-12-27(9-10-28(13)15-4-6-16(30-2)7-5-15)19(29)26-14-3-8-18-17(11-14)20(22,23)32-21(24,25)31-18/h3-8,11,13H,9-10,12H2,1-2H3,(H,26,29). The molecule has 4 rings (SSSR count). The number of nitrogens with one attached hydrogen (secondary N) is 1. The molecule has 2 amide bonds. The Hall–Kier alpha value is -3.21. The van der Waals surface area contributed by atoms with Crippen LogP contribution in [0.25, 0.3) is 0 Å². The van der Waals surface area contributed by atoms with Gasteiger partial charge in [0.05, 0.1) is 12.7 Å². The van der Waals surface area contributed by atoms with Crippen molar-refractivity contribution in [1.29, 1.82) is 0 Å². The molecule has 0 saturated carbocycles. The molecule has 172 valence electrons. The molecule has 1 unspecified atom stereocenters. The Labute approximate surface area is 181 Å². The Balaban J connectivity index is 1.42. The Morgan fingerprint density at radius 3 is 2.50 bits per heavy atom. The summed E-state index contributed by atoms with van der Waals surface area (Å²) in [6.07, 6.45) is -8.71. The molecule has 1 saturated heterocycles. The smallest absolute Gasteiger partial charge is 0.497 e. The highest BCUT2D eigenvalue weighted by Gasteiger charge is 2.54. The number of carbonyl (C=O) groups excluding carboxylic acids is 1. The van der Waals surface area contributed by atoms with Crippen molar-refractivity contribution in [2.24, 2.45) is 0 Å². The summed E-state index contributed by atoms with van der Waals surface area (Å²) < 4.78 is 66.9. The summed E-state index contributed by atoms with van der Waals surface area (Å²) >= 11 is 0. The third-order valence-corrected chi connectivity index (χ3v) is 5.34. The van der Waals surface area contributed by atoms with Crippen LogP contribution in [0.15, 0.2) is 42.5 Å². The maximum absolute atomic E-state index is 13.9. The maximum atomic E-state index is 13.9. The van der Waals surface area contributed by atoms with Gasteiger partial charge < -0.3 is 24.6 Å². The largest absolute Gasteiger partial charge is 0.540 e. The first-order valence-corrected chi connectivity index (χ1v) is 9.84. The SMILES string of the molecule is COc1ccc(N2CCN(C(=O)Nc3ccc4c(c3)C(F)(F)OC(F)(F)O4)CC2C)cc1. The van der Waals surface area contributed by atoms with Crippen LogP contribution in [-0.2, 0) is 10.8 Å². The van der Waals surface area contributed by atoms with E-state index < -0.39 is 29.7 Å². The number of rotatable bonds is 3. The van der Waals surface area contributed by atoms with E-state index in [2.05, 4.69) is 19.7 Å². The number of anilines is 2. The molecule has 2 heterocycles. The van der Waals surface area contributed by atoms with Gasteiger partial charge in [0, 0.05) is 37.1 Å². The van der Waals surface area contributed by atoms with Gasteiger partial charge in [0.25, 0.3) is 0 Å². The molecule has 0 aromatic heterocycles. The monoisotopic (exact) mass is 455 g/mol. The Morgan fingerprint density at radius 2 is 1.84 bits per heavy atom. The van der Waals surface area contributed by atoms with E-state index in [1.165, 1.54) is 6.07 Å². The number of amides is 2. The minimum Gasteiger partial charge on any atom is -0.497 e. The van der Waals surface area contributed by atoms with Gasteiger partial charge in [0.15, 0.2) is 0 Å². The number of ether oxygens (including phenoxy) is 3. The number of hydrogen-bond acceptors (Lipinski definition) is 5. The number of methoxy groups -OCH3 is 1. The van der Waals surface area contributed by atoms with E-state index in [0.717, 1.165) is 23.6 Å². The second-order valence-corrected chi connectivity index (χ2v) is 7.51. The van der Waals surface area contributed by atoms with Gasteiger partial charge >= 0.3 is 18.4 Å². The zero-order chi connectivity index (χ0) is 23.1. The van der Waals surface area contributed by atoms with Gasteiger partial charge in [-0.2, -0.15) is 8.78 Å². The molecule has 1 fully saturated rings. The highest BCUT2D eigenvalue weighted by Crippen LogP contribution is 2.46. The van der Waals surface area contributed by atoms with E-state index in [0.29, 0.717) is 19.6 Å². The van der Waals surface area contributed by atoms with E-state index in [-0.39, 0.29) is 11.7 Å². The Kier molecular flexibility index (Phi) is 5.53. The molecule has 7 nitrogen and oxygen atoms in total. The van der Waals surface area contributed by atoms with Crippen LogP contribution in [0.3, 0.4) is 0 Å². The first kappa shape index (κ1) is 22.0. The predicted molar refractivity (Wildman–Crippen MR) is 107 cm³/mol. The van der Waals surface area contributed by atoms with Crippen LogP contribution in [0.5, 0.6) is 11.5 Å². The molecule has 11 heteroatoms. The maximum Gasteiger partial charge on any atom is 0.540 e. The fourth-order valence-electron chi connectivity index (χ4n) is 3.78. The lowest BCUT2D eigenvalue weighted by atomic mass is 10.1. The number of alkyl halides is 4. The molecule has 1 N–H and O–H groups in total. The fraction of sp³-hybridized carbons (Fsp3) is 0.381. The van der Waals surface area contributed by atoms with Gasteiger partial charge in [-0.1, -0.05) is 0 Å². The number of hydrogen-bond donors (Lipinski definition) is 1. The molecule has 2 aliphatic rings. The molecule has 0 bridgehead atoms. The molecule has 2 aromatic rings. The van der Waals surface area contributed by atoms with E-state index in [9.17, 15) is 22.4 Å². The van der Waals surface area contributed by atoms with Gasteiger partial charge in [-0.05, 0) is 49.4 Å². The van der Waals surface area contributed by atoms with Crippen LogP contribution in [-0.4, -0.2) is 50.0 Å². The van der Waals surface area contributed by atoms with Crippen molar-refractivity contribution in [1.82, 2.24) is 4.90 Å². The van der Waals surface area contributed by atoms with Crippen molar-refractivity contribution in [2.75, 3.05) is 37.0 Å². The predicted octanol–water partition coefficient (Wildman–Crippen LogP) is 4.45. The summed E-state index contributed by atoms with van der Waals surface area (Å²) in [5, 5.41) is 2.53.